The highest BCUT2D eigenvalue weighted by Crippen LogP contribution is 2.28. The summed E-state index contributed by atoms with van der Waals surface area (Å²) >= 11 is 6.25. The second-order valence-corrected chi connectivity index (χ2v) is 9.04. The topological polar surface area (TPSA) is 66.5 Å². The van der Waals surface area contributed by atoms with Crippen molar-refractivity contribution in [2.24, 2.45) is 5.92 Å². The van der Waals surface area contributed by atoms with Gasteiger partial charge >= 0.3 is 0 Å². The van der Waals surface area contributed by atoms with Crippen molar-refractivity contribution < 1.29 is 13.2 Å². The van der Waals surface area contributed by atoms with Crippen LogP contribution < -0.4 is 9.62 Å². The van der Waals surface area contributed by atoms with E-state index in [1.54, 1.807) is 18.2 Å². The van der Waals surface area contributed by atoms with E-state index >= 15 is 0 Å². The van der Waals surface area contributed by atoms with Gasteiger partial charge in [0.2, 0.25) is 10.0 Å². The van der Waals surface area contributed by atoms with Crippen LogP contribution in [-0.4, -0.2) is 33.2 Å². The lowest BCUT2D eigenvalue weighted by Crippen LogP contribution is -2.37. The molecule has 24 heavy (non-hydrogen) atoms. The van der Waals surface area contributed by atoms with Crippen LogP contribution in [0.2, 0.25) is 5.02 Å². The molecule has 1 aromatic rings. The van der Waals surface area contributed by atoms with Crippen LogP contribution in [0.5, 0.6) is 0 Å². The van der Waals surface area contributed by atoms with E-state index in [4.69, 9.17) is 11.6 Å². The van der Waals surface area contributed by atoms with Gasteiger partial charge < -0.3 is 5.32 Å². The van der Waals surface area contributed by atoms with Crippen molar-refractivity contribution in [3.05, 3.63) is 28.8 Å². The van der Waals surface area contributed by atoms with Crippen LogP contribution in [0, 0.1) is 5.92 Å². The first kappa shape index (κ1) is 17.5. The molecule has 0 unspecified atom stereocenters. The van der Waals surface area contributed by atoms with Gasteiger partial charge in [-0.05, 0) is 49.8 Å². The minimum Gasteiger partial charge on any atom is -0.352 e. The zero-order chi connectivity index (χ0) is 17.2. The largest absolute Gasteiger partial charge is 0.352 e. The van der Waals surface area contributed by atoms with Crippen LogP contribution in [0.25, 0.3) is 0 Å². The first-order chi connectivity index (χ1) is 11.5. The van der Waals surface area contributed by atoms with Crippen LogP contribution in [0.4, 0.5) is 5.69 Å². The smallest absolute Gasteiger partial charge is 0.252 e. The Morgan fingerprint density at radius 2 is 1.96 bits per heavy atom. The standard InChI is InChI=1S/C17H23ClN2O3S/c18-16-11-14(20-9-3-4-10-24(20,22)23)7-8-15(16)17(21)19-12-13-5-1-2-6-13/h7-8,11,13H,1-6,9-10,12H2,(H,19,21). The van der Waals surface area contributed by atoms with E-state index < -0.39 is 10.0 Å². The zero-order valence-corrected chi connectivity index (χ0v) is 15.2. The molecule has 0 spiro atoms. The molecule has 0 radical (unpaired) electrons. The number of nitrogens with zero attached hydrogens (tertiary/aromatic N) is 1. The number of halogens is 1. The SMILES string of the molecule is O=C(NCC1CCCC1)c1ccc(N2CCCCS2(=O)=O)cc1Cl. The van der Waals surface area contributed by atoms with Gasteiger partial charge in [-0.15, -0.1) is 0 Å². The van der Waals surface area contributed by atoms with E-state index in [0.29, 0.717) is 36.7 Å². The molecule has 3 rings (SSSR count). The molecule has 0 aromatic heterocycles. The predicted octanol–water partition coefficient (Wildman–Crippen LogP) is 3.19. The van der Waals surface area contributed by atoms with Crippen molar-refractivity contribution in [3.8, 4) is 0 Å². The molecule has 1 heterocycles. The molecule has 1 saturated carbocycles. The maximum Gasteiger partial charge on any atom is 0.252 e. The monoisotopic (exact) mass is 370 g/mol. The van der Waals surface area contributed by atoms with Gasteiger partial charge in [0.05, 0.1) is 22.0 Å². The molecule has 0 bridgehead atoms. The number of rotatable bonds is 4. The van der Waals surface area contributed by atoms with Crippen molar-refractivity contribution in [2.75, 3.05) is 23.1 Å². The average molecular weight is 371 g/mol. The normalized spacial score (nSPS) is 21.0. The number of amides is 1. The molecule has 132 valence electrons. The summed E-state index contributed by atoms with van der Waals surface area (Å²) in [5.41, 5.74) is 0.930. The van der Waals surface area contributed by atoms with Crippen molar-refractivity contribution in [3.63, 3.8) is 0 Å². The number of hydrogen-bond acceptors (Lipinski definition) is 3. The second kappa shape index (κ2) is 7.31. The molecule has 5 nitrogen and oxygen atoms in total. The fourth-order valence-electron chi connectivity index (χ4n) is 3.47. The van der Waals surface area contributed by atoms with Gasteiger partial charge in [-0.3, -0.25) is 9.10 Å². The quantitative estimate of drug-likeness (QED) is 0.885. The summed E-state index contributed by atoms with van der Waals surface area (Å²) in [6.45, 7) is 1.14. The van der Waals surface area contributed by atoms with Gasteiger partial charge in [0.1, 0.15) is 0 Å². The number of anilines is 1. The van der Waals surface area contributed by atoms with Crippen LogP contribution in [0.1, 0.15) is 48.9 Å². The van der Waals surface area contributed by atoms with E-state index in [2.05, 4.69) is 5.32 Å². The minimum absolute atomic E-state index is 0.161. The van der Waals surface area contributed by atoms with E-state index in [-0.39, 0.29) is 16.7 Å². The Bertz CT molecular complexity index is 715. The Morgan fingerprint density at radius 3 is 2.62 bits per heavy atom. The van der Waals surface area contributed by atoms with Crippen LogP contribution in [0.3, 0.4) is 0 Å². The van der Waals surface area contributed by atoms with Crippen molar-refractivity contribution in [2.45, 2.75) is 38.5 Å². The molecular weight excluding hydrogens is 348 g/mol. The fourth-order valence-corrected chi connectivity index (χ4v) is 5.36. The summed E-state index contributed by atoms with van der Waals surface area (Å²) in [7, 11) is -3.27. The Morgan fingerprint density at radius 1 is 1.21 bits per heavy atom. The van der Waals surface area contributed by atoms with Gasteiger partial charge in [0, 0.05) is 13.1 Å². The molecule has 1 amide bonds. The summed E-state index contributed by atoms with van der Waals surface area (Å²) in [5, 5.41) is 3.23. The first-order valence-electron chi connectivity index (χ1n) is 8.55. The zero-order valence-electron chi connectivity index (χ0n) is 13.6. The summed E-state index contributed by atoms with van der Waals surface area (Å²) in [5.74, 6) is 0.527. The highest BCUT2D eigenvalue weighted by molar-refractivity contribution is 7.92. The lowest BCUT2D eigenvalue weighted by Gasteiger charge is -2.28. The Hall–Kier alpha value is -1.27. The third-order valence-electron chi connectivity index (χ3n) is 4.86. The maximum absolute atomic E-state index is 12.3. The number of hydrogen-bond donors (Lipinski definition) is 1. The summed E-state index contributed by atoms with van der Waals surface area (Å²) in [6, 6.07) is 4.86. The molecule has 1 N–H and O–H groups in total. The van der Waals surface area contributed by atoms with Gasteiger partial charge in [-0.1, -0.05) is 24.4 Å². The average Bonchev–Trinajstić information content (AvgIpc) is 3.05. The second-order valence-electron chi connectivity index (χ2n) is 6.62. The van der Waals surface area contributed by atoms with Crippen molar-refractivity contribution in [1.29, 1.82) is 0 Å². The van der Waals surface area contributed by atoms with E-state index in [0.717, 1.165) is 6.42 Å². The predicted molar refractivity (Wildman–Crippen MR) is 96.1 cm³/mol. The summed E-state index contributed by atoms with van der Waals surface area (Å²) in [4.78, 5) is 12.3. The lowest BCUT2D eigenvalue weighted by molar-refractivity contribution is 0.0947. The number of carbonyl (C=O) groups excluding carboxylic acids is 1. The molecular formula is C17H23ClN2O3S. The Balaban J connectivity index is 1.71. The molecule has 1 aliphatic carbocycles. The molecule has 1 aromatic carbocycles. The molecule has 7 heteroatoms. The van der Waals surface area contributed by atoms with Gasteiger partial charge in [0.15, 0.2) is 0 Å². The summed E-state index contributed by atoms with van der Waals surface area (Å²) < 4.78 is 25.7. The Labute approximate surface area is 148 Å². The third kappa shape index (κ3) is 3.86. The Kier molecular flexibility index (Phi) is 5.35. The maximum atomic E-state index is 12.3. The number of sulfonamides is 1. The third-order valence-corrected chi connectivity index (χ3v) is 7.04. The summed E-state index contributed by atoms with van der Waals surface area (Å²) in [6.07, 6.45) is 6.33. The minimum atomic E-state index is -3.27. The highest BCUT2D eigenvalue weighted by Gasteiger charge is 2.27. The van der Waals surface area contributed by atoms with Gasteiger partial charge in [0.25, 0.3) is 5.91 Å². The van der Waals surface area contributed by atoms with Crippen molar-refractivity contribution in [1.82, 2.24) is 5.32 Å². The number of nitrogens with one attached hydrogen (secondary N) is 1. The van der Waals surface area contributed by atoms with Crippen LogP contribution in [0.15, 0.2) is 18.2 Å². The van der Waals surface area contributed by atoms with E-state index in [9.17, 15) is 13.2 Å². The lowest BCUT2D eigenvalue weighted by atomic mass is 10.1. The molecule has 2 fully saturated rings. The molecule has 1 saturated heterocycles. The highest BCUT2D eigenvalue weighted by atomic mass is 35.5. The first-order valence-corrected chi connectivity index (χ1v) is 10.5. The molecule has 0 atom stereocenters. The van der Waals surface area contributed by atoms with Crippen molar-refractivity contribution >= 4 is 33.2 Å². The van der Waals surface area contributed by atoms with Crippen LogP contribution >= 0.6 is 11.6 Å². The number of carbonyl (C=O) groups is 1. The molecule has 2 aliphatic rings. The fraction of sp³-hybridized carbons (Fsp3) is 0.588. The van der Waals surface area contributed by atoms with E-state index in [1.807, 2.05) is 0 Å². The van der Waals surface area contributed by atoms with Gasteiger partial charge in [-0.2, -0.15) is 0 Å². The molecule has 1 aliphatic heterocycles. The number of benzene rings is 1. The van der Waals surface area contributed by atoms with Crippen LogP contribution in [-0.2, 0) is 10.0 Å². The van der Waals surface area contributed by atoms with Gasteiger partial charge in [-0.25, -0.2) is 8.42 Å². The van der Waals surface area contributed by atoms with E-state index in [1.165, 1.54) is 30.0 Å².